The molecule has 2 unspecified atom stereocenters. The fourth-order valence-corrected chi connectivity index (χ4v) is 10.7. The van der Waals surface area contributed by atoms with Crippen LogP contribution in [0, 0.1) is 0 Å². The third-order valence-corrected chi connectivity index (χ3v) is 16.0. The van der Waals surface area contributed by atoms with Crippen molar-refractivity contribution in [2.75, 3.05) is 13.2 Å². The number of aliphatic hydroxyl groups excluding tert-OH is 2. The van der Waals surface area contributed by atoms with Crippen molar-refractivity contribution in [2.24, 2.45) is 0 Å². The first-order valence-corrected chi connectivity index (χ1v) is 34.1. The molecular weight excluding hydrogens is 923 g/mol. The van der Waals surface area contributed by atoms with Gasteiger partial charge in [-0.3, -0.25) is 9.59 Å². The van der Waals surface area contributed by atoms with E-state index in [1.807, 2.05) is 6.08 Å². The van der Waals surface area contributed by atoms with E-state index in [1.165, 1.54) is 308 Å². The Bertz CT molecular complexity index is 1170. The molecular formula is C69H133NO5. The van der Waals surface area contributed by atoms with E-state index in [4.69, 9.17) is 4.74 Å². The molecule has 0 saturated carbocycles. The third kappa shape index (κ3) is 61.4. The van der Waals surface area contributed by atoms with E-state index >= 15 is 0 Å². The molecule has 0 bridgehead atoms. The molecule has 0 aliphatic carbocycles. The molecule has 444 valence electrons. The van der Waals surface area contributed by atoms with Gasteiger partial charge in [-0.05, 0) is 57.8 Å². The van der Waals surface area contributed by atoms with Crippen LogP contribution in [0.15, 0.2) is 24.3 Å². The summed E-state index contributed by atoms with van der Waals surface area (Å²) in [6.07, 6.45) is 81.0. The Kier molecular flexibility index (Phi) is 63.4. The smallest absolute Gasteiger partial charge is 0.305 e. The lowest BCUT2D eigenvalue weighted by Crippen LogP contribution is -2.45. The molecule has 2 atom stereocenters. The van der Waals surface area contributed by atoms with Gasteiger partial charge in [-0.25, -0.2) is 0 Å². The monoisotopic (exact) mass is 1060 g/mol. The second-order valence-corrected chi connectivity index (χ2v) is 23.5. The minimum atomic E-state index is -0.844. The van der Waals surface area contributed by atoms with Gasteiger partial charge in [0.05, 0.1) is 25.4 Å². The van der Waals surface area contributed by atoms with Crippen LogP contribution in [0.5, 0.6) is 0 Å². The van der Waals surface area contributed by atoms with Crippen LogP contribution in [0.1, 0.15) is 380 Å². The maximum atomic E-state index is 12.5. The number of esters is 1. The zero-order valence-electron chi connectivity index (χ0n) is 50.8. The molecule has 0 aromatic heterocycles. The standard InChI is InChI=1S/C69H133NO5/c1-3-5-7-9-11-13-15-17-18-19-20-25-28-31-34-38-41-45-49-53-57-61-67(72)66(65-71)70-68(73)62-58-54-50-46-42-39-35-32-29-26-23-21-22-24-27-30-33-36-40-44-48-52-56-60-64-75-69(74)63-59-55-51-47-43-37-16-14-12-10-8-6-4-2/h14,16,57,61,66-67,71-72H,3-13,15,17-56,58-60,62-65H2,1-2H3,(H,70,73)/b16-14-,61-57+. The van der Waals surface area contributed by atoms with Gasteiger partial charge in [0, 0.05) is 12.8 Å². The number of carbonyl (C=O) groups is 2. The Morgan fingerprint density at radius 2 is 0.627 bits per heavy atom. The Morgan fingerprint density at radius 3 is 0.960 bits per heavy atom. The summed E-state index contributed by atoms with van der Waals surface area (Å²) in [4.78, 5) is 24.6. The molecule has 0 aromatic carbocycles. The molecule has 75 heavy (non-hydrogen) atoms. The molecule has 0 aliphatic heterocycles. The van der Waals surface area contributed by atoms with Crippen molar-refractivity contribution >= 4 is 11.9 Å². The van der Waals surface area contributed by atoms with Gasteiger partial charge in [-0.2, -0.15) is 0 Å². The summed E-state index contributed by atoms with van der Waals surface area (Å²) in [6, 6.07) is -0.628. The van der Waals surface area contributed by atoms with Crippen LogP contribution in [0.3, 0.4) is 0 Å². The van der Waals surface area contributed by atoms with Crippen molar-refractivity contribution in [3.8, 4) is 0 Å². The van der Waals surface area contributed by atoms with Crippen LogP contribution in [0.25, 0.3) is 0 Å². The number of amides is 1. The molecule has 1 amide bonds. The minimum absolute atomic E-state index is 0.00633. The fourth-order valence-electron chi connectivity index (χ4n) is 10.7. The minimum Gasteiger partial charge on any atom is -0.466 e. The molecule has 0 fully saturated rings. The highest BCUT2D eigenvalue weighted by molar-refractivity contribution is 5.76. The molecule has 0 aliphatic rings. The summed E-state index contributed by atoms with van der Waals surface area (Å²) >= 11 is 0. The van der Waals surface area contributed by atoms with Gasteiger partial charge < -0.3 is 20.3 Å². The summed E-state index contributed by atoms with van der Waals surface area (Å²) in [5.74, 6) is -0.0567. The van der Waals surface area contributed by atoms with E-state index in [2.05, 4.69) is 31.3 Å². The van der Waals surface area contributed by atoms with Gasteiger partial charge >= 0.3 is 5.97 Å². The van der Waals surface area contributed by atoms with E-state index < -0.39 is 12.1 Å². The summed E-state index contributed by atoms with van der Waals surface area (Å²) in [5, 5.41) is 23.2. The quantitative estimate of drug-likeness (QED) is 0.0320. The van der Waals surface area contributed by atoms with Crippen molar-refractivity contribution in [3.63, 3.8) is 0 Å². The Labute approximate surface area is 469 Å². The molecule has 0 spiro atoms. The van der Waals surface area contributed by atoms with E-state index in [0.29, 0.717) is 19.4 Å². The highest BCUT2D eigenvalue weighted by Gasteiger charge is 2.18. The zero-order chi connectivity index (χ0) is 54.3. The maximum Gasteiger partial charge on any atom is 0.305 e. The first kappa shape index (κ1) is 73.3. The van der Waals surface area contributed by atoms with Crippen LogP contribution in [0.2, 0.25) is 0 Å². The maximum absolute atomic E-state index is 12.5. The SMILES string of the molecule is CCCCCC/C=C\CCCCCCCC(=O)OCCCCCCCCCCCCCCCCCCCCCCCCCCC(=O)NC(CO)C(O)/C=C/CCCCCCCCCCCCCCCCCCCCC. The molecule has 0 radical (unpaired) electrons. The molecule has 0 aromatic rings. The molecule has 3 N–H and O–H groups in total. The van der Waals surface area contributed by atoms with E-state index in [-0.39, 0.29) is 18.5 Å². The number of carbonyl (C=O) groups excluding carboxylic acids is 2. The van der Waals surface area contributed by atoms with Crippen LogP contribution in [-0.2, 0) is 14.3 Å². The Morgan fingerprint density at radius 1 is 0.360 bits per heavy atom. The van der Waals surface area contributed by atoms with E-state index in [9.17, 15) is 19.8 Å². The number of unbranched alkanes of at least 4 members (excludes halogenated alkanes) is 51. The third-order valence-electron chi connectivity index (χ3n) is 16.0. The number of hydrogen-bond acceptors (Lipinski definition) is 5. The van der Waals surface area contributed by atoms with Crippen molar-refractivity contribution in [1.29, 1.82) is 0 Å². The van der Waals surface area contributed by atoms with Crippen LogP contribution in [0.4, 0.5) is 0 Å². The van der Waals surface area contributed by atoms with Gasteiger partial charge in [-0.1, -0.05) is 334 Å². The van der Waals surface area contributed by atoms with Crippen molar-refractivity contribution in [2.45, 2.75) is 392 Å². The lowest BCUT2D eigenvalue weighted by molar-refractivity contribution is -0.143. The van der Waals surface area contributed by atoms with E-state index in [1.54, 1.807) is 6.08 Å². The summed E-state index contributed by atoms with van der Waals surface area (Å²) in [7, 11) is 0. The van der Waals surface area contributed by atoms with Crippen LogP contribution in [-0.4, -0.2) is 47.4 Å². The number of allylic oxidation sites excluding steroid dienone is 3. The topological polar surface area (TPSA) is 95.9 Å². The number of ether oxygens (including phenoxy) is 1. The van der Waals surface area contributed by atoms with Gasteiger partial charge in [0.15, 0.2) is 0 Å². The number of rotatable bonds is 64. The summed E-state index contributed by atoms with van der Waals surface area (Å²) < 4.78 is 5.48. The van der Waals surface area contributed by atoms with E-state index in [0.717, 1.165) is 44.9 Å². The summed E-state index contributed by atoms with van der Waals surface area (Å²) in [6.45, 7) is 4.92. The predicted octanol–water partition coefficient (Wildman–Crippen LogP) is 21.8. The average molecular weight is 1060 g/mol. The number of hydrogen-bond donors (Lipinski definition) is 3. The fraction of sp³-hybridized carbons (Fsp3) is 0.913. The highest BCUT2D eigenvalue weighted by Crippen LogP contribution is 2.19. The van der Waals surface area contributed by atoms with Crippen molar-refractivity contribution < 1.29 is 24.5 Å². The zero-order valence-corrected chi connectivity index (χ0v) is 50.8. The number of nitrogens with one attached hydrogen (secondary N) is 1. The van der Waals surface area contributed by atoms with Gasteiger partial charge in [0.25, 0.3) is 0 Å². The molecule has 6 nitrogen and oxygen atoms in total. The van der Waals surface area contributed by atoms with Crippen LogP contribution < -0.4 is 5.32 Å². The Hall–Kier alpha value is -1.66. The number of aliphatic hydroxyl groups is 2. The normalized spacial score (nSPS) is 12.6. The second-order valence-electron chi connectivity index (χ2n) is 23.5. The predicted molar refractivity (Wildman–Crippen MR) is 329 cm³/mol. The van der Waals surface area contributed by atoms with Crippen molar-refractivity contribution in [3.05, 3.63) is 24.3 Å². The average Bonchev–Trinajstić information content (AvgIpc) is 3.41. The van der Waals surface area contributed by atoms with Gasteiger partial charge in [0.1, 0.15) is 0 Å². The summed E-state index contributed by atoms with van der Waals surface area (Å²) in [5.41, 5.74) is 0. The molecule has 6 heteroatoms. The van der Waals surface area contributed by atoms with Gasteiger partial charge in [0.2, 0.25) is 5.91 Å². The van der Waals surface area contributed by atoms with Crippen molar-refractivity contribution in [1.82, 2.24) is 5.32 Å². The second kappa shape index (κ2) is 64.9. The molecule has 0 heterocycles. The first-order chi connectivity index (χ1) is 37.0. The highest BCUT2D eigenvalue weighted by atomic mass is 16.5. The van der Waals surface area contributed by atoms with Crippen LogP contribution >= 0.6 is 0 Å². The molecule has 0 saturated heterocycles. The largest absolute Gasteiger partial charge is 0.466 e. The Balaban J connectivity index is 3.40. The lowest BCUT2D eigenvalue weighted by Gasteiger charge is -2.20. The lowest BCUT2D eigenvalue weighted by atomic mass is 10.0. The molecule has 0 rings (SSSR count). The first-order valence-electron chi connectivity index (χ1n) is 34.1. The van der Waals surface area contributed by atoms with Gasteiger partial charge in [-0.15, -0.1) is 0 Å².